The van der Waals surface area contributed by atoms with E-state index in [9.17, 15) is 9.90 Å². The number of carboxylic acids is 1. The van der Waals surface area contributed by atoms with Gasteiger partial charge in [0.25, 0.3) is 0 Å². The van der Waals surface area contributed by atoms with Gasteiger partial charge < -0.3 is 38.3 Å². The summed E-state index contributed by atoms with van der Waals surface area (Å²) in [6.45, 7) is 9.78. The van der Waals surface area contributed by atoms with Crippen LogP contribution in [0, 0.1) is 23.7 Å². The second-order valence-corrected chi connectivity index (χ2v) is 13.1. The molecule has 260 valence electrons. The summed E-state index contributed by atoms with van der Waals surface area (Å²) in [6, 6.07) is 29.8. The molecule has 2 fully saturated rings. The first kappa shape index (κ1) is 36.1. The normalized spacial score (nSPS) is 30.6. The lowest BCUT2D eigenvalue weighted by molar-refractivity contribution is -0.344. The molecule has 0 aliphatic carbocycles. The first-order valence-electron chi connectivity index (χ1n) is 17.0. The third-order valence-corrected chi connectivity index (χ3v) is 9.66. The Morgan fingerprint density at radius 2 is 1.08 bits per heavy atom. The van der Waals surface area contributed by atoms with Gasteiger partial charge >= 0.3 is 5.97 Å². The van der Waals surface area contributed by atoms with E-state index >= 15 is 0 Å². The molecule has 0 bridgehead atoms. The van der Waals surface area contributed by atoms with Crippen LogP contribution in [0.3, 0.4) is 0 Å². The van der Waals surface area contributed by atoms with Gasteiger partial charge in [0.15, 0.2) is 12.6 Å². The Morgan fingerprint density at radius 1 is 0.583 bits per heavy atom. The van der Waals surface area contributed by atoms with Crippen LogP contribution < -0.4 is 0 Å². The molecular weight excluding hydrogens is 612 g/mol. The first-order chi connectivity index (χ1) is 23.3. The van der Waals surface area contributed by atoms with Crippen molar-refractivity contribution in [1.29, 1.82) is 0 Å². The number of aliphatic carboxylic acids is 1. The molecule has 0 amide bonds. The maximum Gasteiger partial charge on any atom is 0.329 e. The highest BCUT2D eigenvalue weighted by atomic mass is 16.7. The largest absolute Gasteiger partial charge is 0.480 e. The van der Waals surface area contributed by atoms with E-state index in [0.29, 0.717) is 26.4 Å². The van der Waals surface area contributed by atoms with Gasteiger partial charge in [0, 0.05) is 11.8 Å². The average Bonchev–Trinajstić information content (AvgIpc) is 3.10. The fraction of sp³-hybridized carbons (Fsp3) is 0.513. The Bertz CT molecular complexity index is 1360. The molecule has 2 saturated heterocycles. The SMILES string of the molecule is CC1[C@H](O[C@@H]2C(COCc3ccccc3)O[C@H](OCc3ccccc3)C(C)[C@H]2OCC(=O)O)OC(COCc2ccccc2)[C@@H](C)[C@@H]1C. The van der Waals surface area contributed by atoms with Gasteiger partial charge in [-0.2, -0.15) is 0 Å². The molecule has 48 heavy (non-hydrogen) atoms. The minimum Gasteiger partial charge on any atom is -0.480 e. The van der Waals surface area contributed by atoms with Crippen molar-refractivity contribution in [2.45, 2.75) is 84.5 Å². The van der Waals surface area contributed by atoms with Crippen molar-refractivity contribution in [3.8, 4) is 0 Å². The molecule has 1 N–H and O–H groups in total. The lowest BCUT2D eigenvalue weighted by Gasteiger charge is -2.49. The van der Waals surface area contributed by atoms with Gasteiger partial charge in [-0.15, -0.1) is 0 Å². The minimum absolute atomic E-state index is 0.0405. The molecule has 3 aromatic rings. The van der Waals surface area contributed by atoms with Crippen LogP contribution >= 0.6 is 0 Å². The molecule has 0 saturated carbocycles. The second kappa shape index (κ2) is 18.0. The zero-order valence-electron chi connectivity index (χ0n) is 28.4. The van der Waals surface area contributed by atoms with Crippen LogP contribution in [-0.2, 0) is 57.8 Å². The molecule has 0 spiro atoms. The lowest BCUT2D eigenvalue weighted by atomic mass is 9.79. The van der Waals surface area contributed by atoms with E-state index in [2.05, 4.69) is 20.8 Å². The van der Waals surface area contributed by atoms with Crippen molar-refractivity contribution in [2.75, 3.05) is 19.8 Å². The number of hydrogen-bond donors (Lipinski definition) is 1. The maximum absolute atomic E-state index is 11.7. The van der Waals surface area contributed by atoms with E-state index in [0.717, 1.165) is 16.7 Å². The predicted molar refractivity (Wildman–Crippen MR) is 180 cm³/mol. The van der Waals surface area contributed by atoms with Gasteiger partial charge in [0.1, 0.15) is 18.8 Å². The molecule has 2 heterocycles. The zero-order chi connectivity index (χ0) is 33.9. The second-order valence-electron chi connectivity index (χ2n) is 13.1. The number of carboxylic acid groups (broad SMARTS) is 1. The Kier molecular flexibility index (Phi) is 13.6. The molecule has 3 aromatic carbocycles. The van der Waals surface area contributed by atoms with Crippen LogP contribution in [0.4, 0.5) is 0 Å². The highest BCUT2D eigenvalue weighted by Gasteiger charge is 2.49. The smallest absolute Gasteiger partial charge is 0.329 e. The van der Waals surface area contributed by atoms with E-state index in [1.807, 2.05) is 97.9 Å². The van der Waals surface area contributed by atoms with Gasteiger partial charge in [0.05, 0.1) is 45.2 Å². The third kappa shape index (κ3) is 9.95. The zero-order valence-corrected chi connectivity index (χ0v) is 28.4. The van der Waals surface area contributed by atoms with Crippen LogP contribution in [0.15, 0.2) is 91.0 Å². The molecule has 2 aliphatic heterocycles. The van der Waals surface area contributed by atoms with Crippen LogP contribution in [0.2, 0.25) is 0 Å². The summed E-state index contributed by atoms with van der Waals surface area (Å²) in [5, 5.41) is 9.60. The molecule has 2 aliphatic rings. The van der Waals surface area contributed by atoms with Crippen molar-refractivity contribution in [3.05, 3.63) is 108 Å². The monoisotopic (exact) mass is 662 g/mol. The standard InChI is InChI=1S/C39H50O9/c1-26-27(2)33(23-42-20-30-14-8-5-9-15-30)46-39(28(26)3)48-37-34(24-43-21-31-16-10-6-11-17-31)47-38(29(4)36(37)44-25-35(40)41)45-22-32-18-12-7-13-19-32/h5-19,26-29,33-34,36-39H,20-25H2,1-4H3,(H,40,41)/t26-,27-,28?,29?,33?,34?,36+,37+,38-,39-/m0/s1. The van der Waals surface area contributed by atoms with E-state index < -0.39 is 43.5 Å². The highest BCUT2D eigenvalue weighted by molar-refractivity contribution is 5.68. The van der Waals surface area contributed by atoms with E-state index in [-0.39, 0.29) is 36.4 Å². The summed E-state index contributed by atoms with van der Waals surface area (Å²) in [5.74, 6) is -0.880. The molecule has 9 heteroatoms. The topological polar surface area (TPSA) is 102 Å². The van der Waals surface area contributed by atoms with Gasteiger partial charge in [0.2, 0.25) is 0 Å². The summed E-state index contributed by atoms with van der Waals surface area (Å²) in [7, 11) is 0. The minimum atomic E-state index is -1.06. The Labute approximate surface area is 284 Å². The Morgan fingerprint density at radius 3 is 1.62 bits per heavy atom. The van der Waals surface area contributed by atoms with Crippen molar-refractivity contribution < 1.29 is 43.1 Å². The number of rotatable bonds is 16. The first-order valence-corrected chi connectivity index (χ1v) is 17.0. The molecule has 0 aromatic heterocycles. The maximum atomic E-state index is 11.7. The fourth-order valence-electron chi connectivity index (χ4n) is 6.42. The molecule has 0 radical (unpaired) electrons. The predicted octanol–water partition coefficient (Wildman–Crippen LogP) is 6.49. The number of hydrogen-bond acceptors (Lipinski definition) is 8. The summed E-state index contributed by atoms with van der Waals surface area (Å²) < 4.78 is 44.8. The van der Waals surface area contributed by atoms with E-state index in [1.54, 1.807) is 0 Å². The number of carbonyl (C=O) groups is 1. The molecule has 4 unspecified atom stereocenters. The number of benzene rings is 3. The molecular formula is C39H50O9. The van der Waals surface area contributed by atoms with Gasteiger partial charge in [-0.1, -0.05) is 119 Å². The van der Waals surface area contributed by atoms with Gasteiger partial charge in [-0.05, 0) is 28.5 Å². The molecule has 9 nitrogen and oxygen atoms in total. The molecule has 10 atom stereocenters. The average molecular weight is 663 g/mol. The quantitative estimate of drug-likeness (QED) is 0.185. The van der Waals surface area contributed by atoms with Crippen LogP contribution in [0.25, 0.3) is 0 Å². The van der Waals surface area contributed by atoms with Gasteiger partial charge in [-0.3, -0.25) is 0 Å². The Hall–Kier alpha value is -3.15. The summed E-state index contributed by atoms with van der Waals surface area (Å²) in [6.07, 6.45) is -3.46. The van der Waals surface area contributed by atoms with Crippen LogP contribution in [-0.4, -0.2) is 67.9 Å². The van der Waals surface area contributed by atoms with Crippen molar-refractivity contribution in [2.24, 2.45) is 23.7 Å². The van der Waals surface area contributed by atoms with Crippen LogP contribution in [0.1, 0.15) is 44.4 Å². The van der Waals surface area contributed by atoms with Crippen molar-refractivity contribution in [1.82, 2.24) is 0 Å². The van der Waals surface area contributed by atoms with Crippen molar-refractivity contribution >= 4 is 5.97 Å². The Balaban J connectivity index is 1.33. The summed E-state index contributed by atoms with van der Waals surface area (Å²) in [5.41, 5.74) is 3.13. The summed E-state index contributed by atoms with van der Waals surface area (Å²) >= 11 is 0. The third-order valence-electron chi connectivity index (χ3n) is 9.66. The van der Waals surface area contributed by atoms with Crippen LogP contribution in [0.5, 0.6) is 0 Å². The van der Waals surface area contributed by atoms with E-state index in [4.69, 9.17) is 33.2 Å². The molecule has 5 rings (SSSR count). The van der Waals surface area contributed by atoms with Gasteiger partial charge in [-0.25, -0.2) is 4.79 Å². The number of ether oxygens (including phenoxy) is 7. The van der Waals surface area contributed by atoms with E-state index in [1.165, 1.54) is 0 Å². The lowest BCUT2D eigenvalue weighted by Crippen LogP contribution is -2.60. The highest BCUT2D eigenvalue weighted by Crippen LogP contribution is 2.39. The summed E-state index contributed by atoms with van der Waals surface area (Å²) in [4.78, 5) is 11.7. The fourth-order valence-corrected chi connectivity index (χ4v) is 6.42. The van der Waals surface area contributed by atoms with Crippen molar-refractivity contribution in [3.63, 3.8) is 0 Å².